The lowest BCUT2D eigenvalue weighted by Gasteiger charge is -2.13. The minimum Gasteiger partial charge on any atom is -0.324 e. The zero-order chi connectivity index (χ0) is 13.4. The molecule has 19 heavy (non-hydrogen) atoms. The first-order valence-corrected chi connectivity index (χ1v) is 6.03. The number of benzene rings is 2. The zero-order valence-corrected chi connectivity index (χ0v) is 10.4. The second-order valence-electron chi connectivity index (χ2n) is 4.46. The van der Waals surface area contributed by atoms with Gasteiger partial charge in [-0.25, -0.2) is 9.07 Å². The lowest BCUT2D eigenvalue weighted by molar-refractivity contribution is 0.601. The average Bonchev–Trinajstić information content (AvgIpc) is 2.82. The van der Waals surface area contributed by atoms with Crippen LogP contribution in [0.25, 0.3) is 16.7 Å². The third-order valence-electron chi connectivity index (χ3n) is 3.07. The second-order valence-corrected chi connectivity index (χ2v) is 4.46. The highest BCUT2D eigenvalue weighted by atomic mass is 19.1. The van der Waals surface area contributed by atoms with E-state index in [0.29, 0.717) is 11.3 Å². The summed E-state index contributed by atoms with van der Waals surface area (Å²) >= 11 is 0. The Kier molecular flexibility index (Phi) is 2.76. The van der Waals surface area contributed by atoms with Crippen molar-refractivity contribution in [1.82, 2.24) is 15.0 Å². The molecule has 96 valence electrons. The van der Waals surface area contributed by atoms with E-state index in [-0.39, 0.29) is 11.9 Å². The molecule has 0 aliphatic carbocycles. The number of rotatable bonds is 2. The third-order valence-corrected chi connectivity index (χ3v) is 3.07. The Morgan fingerprint density at radius 3 is 2.74 bits per heavy atom. The fraction of sp³-hybridized carbons (Fsp3) is 0.143. The van der Waals surface area contributed by atoms with Gasteiger partial charge in [0.2, 0.25) is 0 Å². The maximum atomic E-state index is 14.2. The molecule has 3 rings (SSSR count). The minimum absolute atomic E-state index is 0.284. The molecule has 0 spiro atoms. The van der Waals surface area contributed by atoms with Gasteiger partial charge in [-0.05, 0) is 30.7 Å². The van der Waals surface area contributed by atoms with E-state index in [1.54, 1.807) is 12.1 Å². The van der Waals surface area contributed by atoms with Crippen molar-refractivity contribution in [3.8, 4) is 5.69 Å². The summed E-state index contributed by atoms with van der Waals surface area (Å²) in [6.07, 6.45) is 0. The topological polar surface area (TPSA) is 56.7 Å². The van der Waals surface area contributed by atoms with Crippen molar-refractivity contribution < 1.29 is 4.39 Å². The second kappa shape index (κ2) is 4.44. The van der Waals surface area contributed by atoms with Crippen LogP contribution in [0, 0.1) is 5.82 Å². The SMILES string of the molecule is CC(N)c1cccc(F)c1-n1nnc2ccccc21. The normalized spacial score (nSPS) is 12.8. The molecule has 1 atom stereocenters. The van der Waals surface area contributed by atoms with E-state index in [0.717, 1.165) is 11.0 Å². The van der Waals surface area contributed by atoms with Crippen molar-refractivity contribution in [2.24, 2.45) is 5.73 Å². The van der Waals surface area contributed by atoms with Gasteiger partial charge in [0.05, 0.1) is 5.52 Å². The van der Waals surface area contributed by atoms with Crippen molar-refractivity contribution in [1.29, 1.82) is 0 Å². The molecule has 0 aliphatic heterocycles. The van der Waals surface area contributed by atoms with Crippen molar-refractivity contribution in [3.05, 3.63) is 53.8 Å². The predicted octanol–water partition coefficient (Wildman–Crippen LogP) is 2.58. The summed E-state index contributed by atoms with van der Waals surface area (Å²) in [7, 11) is 0. The molecule has 2 aromatic carbocycles. The van der Waals surface area contributed by atoms with Gasteiger partial charge >= 0.3 is 0 Å². The van der Waals surface area contributed by atoms with Gasteiger partial charge in [-0.1, -0.05) is 29.5 Å². The monoisotopic (exact) mass is 256 g/mol. The molecule has 1 unspecified atom stereocenters. The summed E-state index contributed by atoms with van der Waals surface area (Å²) in [4.78, 5) is 0. The Bertz CT molecular complexity index is 733. The third kappa shape index (κ3) is 1.88. The van der Waals surface area contributed by atoms with E-state index in [2.05, 4.69) is 10.3 Å². The molecule has 5 heteroatoms. The van der Waals surface area contributed by atoms with E-state index in [4.69, 9.17) is 5.73 Å². The van der Waals surface area contributed by atoms with Crippen LogP contribution < -0.4 is 5.73 Å². The van der Waals surface area contributed by atoms with Gasteiger partial charge in [0.25, 0.3) is 0 Å². The summed E-state index contributed by atoms with van der Waals surface area (Å²) in [5, 5.41) is 8.08. The number of aromatic nitrogens is 3. The first-order chi connectivity index (χ1) is 9.18. The Labute approximate surface area is 109 Å². The largest absolute Gasteiger partial charge is 0.324 e. The van der Waals surface area contributed by atoms with Crippen LogP contribution in [0.2, 0.25) is 0 Å². The van der Waals surface area contributed by atoms with Gasteiger partial charge in [0.15, 0.2) is 0 Å². The van der Waals surface area contributed by atoms with Crippen LogP contribution in [0.1, 0.15) is 18.5 Å². The van der Waals surface area contributed by atoms with Crippen LogP contribution in [0.4, 0.5) is 4.39 Å². The van der Waals surface area contributed by atoms with E-state index in [9.17, 15) is 4.39 Å². The number of nitrogens with zero attached hydrogens (tertiary/aromatic N) is 3. The number of halogens is 1. The molecule has 1 heterocycles. The number of hydrogen-bond acceptors (Lipinski definition) is 3. The molecule has 0 bridgehead atoms. The molecule has 0 radical (unpaired) electrons. The predicted molar refractivity (Wildman–Crippen MR) is 71.4 cm³/mol. The summed E-state index contributed by atoms with van der Waals surface area (Å²) in [5.74, 6) is -0.356. The molecule has 3 aromatic rings. The van der Waals surface area contributed by atoms with E-state index >= 15 is 0 Å². The van der Waals surface area contributed by atoms with Gasteiger partial charge in [-0.3, -0.25) is 0 Å². The van der Waals surface area contributed by atoms with Crippen LogP contribution in [-0.2, 0) is 0 Å². The zero-order valence-electron chi connectivity index (χ0n) is 10.4. The van der Waals surface area contributed by atoms with Gasteiger partial charge in [0.1, 0.15) is 17.0 Å². The molecule has 0 saturated heterocycles. The highest BCUT2D eigenvalue weighted by molar-refractivity contribution is 5.76. The van der Waals surface area contributed by atoms with Gasteiger partial charge in [-0.15, -0.1) is 5.10 Å². The fourth-order valence-corrected chi connectivity index (χ4v) is 2.16. The number of hydrogen-bond donors (Lipinski definition) is 1. The first-order valence-electron chi connectivity index (χ1n) is 6.03. The molecule has 0 saturated carbocycles. The van der Waals surface area contributed by atoms with Crippen LogP contribution in [0.3, 0.4) is 0 Å². The van der Waals surface area contributed by atoms with E-state index in [1.807, 2.05) is 31.2 Å². The Balaban J connectivity index is 2.33. The van der Waals surface area contributed by atoms with Crippen LogP contribution in [0.15, 0.2) is 42.5 Å². The molecular formula is C14H13FN4. The summed E-state index contributed by atoms with van der Waals surface area (Å²) in [6.45, 7) is 1.82. The lowest BCUT2D eigenvalue weighted by atomic mass is 10.1. The van der Waals surface area contributed by atoms with Crippen LogP contribution >= 0.6 is 0 Å². The molecular weight excluding hydrogens is 243 g/mol. The number of para-hydroxylation sites is 2. The number of nitrogens with two attached hydrogens (primary N) is 1. The van der Waals surface area contributed by atoms with Crippen molar-refractivity contribution in [2.75, 3.05) is 0 Å². The van der Waals surface area contributed by atoms with Crippen molar-refractivity contribution in [3.63, 3.8) is 0 Å². The average molecular weight is 256 g/mol. The van der Waals surface area contributed by atoms with Crippen LogP contribution in [-0.4, -0.2) is 15.0 Å². The Hall–Kier alpha value is -2.27. The van der Waals surface area contributed by atoms with E-state index in [1.165, 1.54) is 10.7 Å². The first kappa shape index (κ1) is 11.8. The highest BCUT2D eigenvalue weighted by Crippen LogP contribution is 2.25. The number of fused-ring (bicyclic) bond motifs is 1. The van der Waals surface area contributed by atoms with Gasteiger partial charge in [-0.2, -0.15) is 0 Å². The van der Waals surface area contributed by atoms with Crippen molar-refractivity contribution >= 4 is 11.0 Å². The quantitative estimate of drug-likeness (QED) is 0.766. The Morgan fingerprint density at radius 2 is 1.95 bits per heavy atom. The van der Waals surface area contributed by atoms with Gasteiger partial charge < -0.3 is 5.73 Å². The molecule has 4 nitrogen and oxygen atoms in total. The molecule has 0 aliphatic rings. The summed E-state index contributed by atoms with van der Waals surface area (Å²) in [5.41, 5.74) is 8.46. The summed E-state index contributed by atoms with van der Waals surface area (Å²) in [6, 6.07) is 12.0. The van der Waals surface area contributed by atoms with Crippen LogP contribution in [0.5, 0.6) is 0 Å². The van der Waals surface area contributed by atoms with Crippen molar-refractivity contribution in [2.45, 2.75) is 13.0 Å². The van der Waals surface area contributed by atoms with Gasteiger partial charge in [0, 0.05) is 6.04 Å². The molecule has 0 fully saturated rings. The standard InChI is InChI=1S/C14H13FN4/c1-9(16)10-5-4-6-11(15)14(10)19-13-8-3-2-7-12(13)17-18-19/h2-9H,16H2,1H3. The Morgan fingerprint density at radius 1 is 1.16 bits per heavy atom. The molecule has 2 N–H and O–H groups in total. The smallest absolute Gasteiger partial charge is 0.149 e. The molecule has 0 amide bonds. The maximum Gasteiger partial charge on any atom is 0.149 e. The summed E-state index contributed by atoms with van der Waals surface area (Å²) < 4.78 is 15.7. The minimum atomic E-state index is -0.356. The lowest BCUT2D eigenvalue weighted by Crippen LogP contribution is -2.12. The van der Waals surface area contributed by atoms with E-state index < -0.39 is 0 Å². The highest BCUT2D eigenvalue weighted by Gasteiger charge is 2.16. The molecule has 1 aromatic heterocycles. The maximum absolute atomic E-state index is 14.2. The fourth-order valence-electron chi connectivity index (χ4n) is 2.16.